The monoisotopic (exact) mass is 230 g/mol. The van der Waals surface area contributed by atoms with Crippen LogP contribution in [0.1, 0.15) is 12.8 Å². The van der Waals surface area contributed by atoms with Crippen LogP contribution < -0.4 is 10.6 Å². The molecule has 2 nitrogen and oxygen atoms in total. The first-order valence-corrected chi connectivity index (χ1v) is 5.23. The van der Waals surface area contributed by atoms with E-state index < -0.39 is 17.5 Å². The molecule has 2 rings (SSSR count). The van der Waals surface area contributed by atoms with E-state index >= 15 is 0 Å². The summed E-state index contributed by atoms with van der Waals surface area (Å²) < 4.78 is 39.2. The van der Waals surface area contributed by atoms with Gasteiger partial charge in [-0.15, -0.1) is 0 Å². The van der Waals surface area contributed by atoms with Crippen LogP contribution in [0.5, 0.6) is 0 Å². The number of benzene rings is 1. The Morgan fingerprint density at radius 3 is 2.19 bits per heavy atom. The van der Waals surface area contributed by atoms with Gasteiger partial charge < -0.3 is 10.6 Å². The highest BCUT2D eigenvalue weighted by atomic mass is 19.2. The molecule has 0 saturated carbocycles. The Balaban J connectivity index is 2.23. The van der Waals surface area contributed by atoms with Gasteiger partial charge in [0.15, 0.2) is 11.6 Å². The van der Waals surface area contributed by atoms with Crippen molar-refractivity contribution in [2.75, 3.05) is 18.0 Å². The Morgan fingerprint density at radius 1 is 1.00 bits per heavy atom. The lowest BCUT2D eigenvalue weighted by Crippen LogP contribution is -2.40. The van der Waals surface area contributed by atoms with E-state index in [2.05, 4.69) is 0 Å². The average Bonchev–Trinajstić information content (AvgIpc) is 2.25. The van der Waals surface area contributed by atoms with Crippen LogP contribution in [0.2, 0.25) is 0 Å². The Kier molecular flexibility index (Phi) is 3.05. The molecule has 0 unspecified atom stereocenters. The number of nitrogens with zero attached hydrogens (tertiary/aromatic N) is 1. The molecule has 1 aromatic rings. The first kappa shape index (κ1) is 11.3. The number of anilines is 1. The molecule has 0 amide bonds. The van der Waals surface area contributed by atoms with Crippen LogP contribution >= 0.6 is 0 Å². The molecular weight excluding hydrogens is 217 g/mol. The van der Waals surface area contributed by atoms with E-state index in [9.17, 15) is 13.2 Å². The summed E-state index contributed by atoms with van der Waals surface area (Å²) in [6.07, 6.45) is 1.47. The van der Waals surface area contributed by atoms with Gasteiger partial charge in [0.25, 0.3) is 0 Å². The third kappa shape index (κ3) is 2.14. The van der Waals surface area contributed by atoms with E-state index in [1.54, 1.807) is 4.90 Å². The maximum atomic E-state index is 13.4. The molecule has 88 valence electrons. The number of hydrogen-bond acceptors (Lipinski definition) is 2. The highest BCUT2D eigenvalue weighted by Crippen LogP contribution is 2.25. The maximum Gasteiger partial charge on any atom is 0.161 e. The topological polar surface area (TPSA) is 29.3 Å². The quantitative estimate of drug-likeness (QED) is 0.748. The van der Waals surface area contributed by atoms with E-state index in [0.717, 1.165) is 18.9 Å². The van der Waals surface area contributed by atoms with E-state index in [1.165, 1.54) is 0 Å². The molecule has 0 bridgehead atoms. The van der Waals surface area contributed by atoms with E-state index in [1.807, 2.05) is 0 Å². The second-order valence-corrected chi connectivity index (χ2v) is 4.04. The van der Waals surface area contributed by atoms with Gasteiger partial charge >= 0.3 is 0 Å². The van der Waals surface area contributed by atoms with Crippen LogP contribution in [0.25, 0.3) is 0 Å². The largest absolute Gasteiger partial charge is 0.369 e. The fourth-order valence-electron chi connectivity index (χ4n) is 1.89. The van der Waals surface area contributed by atoms with Crippen molar-refractivity contribution in [3.8, 4) is 0 Å². The molecule has 1 saturated heterocycles. The Hall–Kier alpha value is -1.23. The van der Waals surface area contributed by atoms with Crippen molar-refractivity contribution in [3.05, 3.63) is 29.6 Å². The summed E-state index contributed by atoms with van der Waals surface area (Å²) in [6, 6.07) is 1.60. The molecule has 16 heavy (non-hydrogen) atoms. The molecule has 0 aliphatic carbocycles. The third-order valence-electron chi connectivity index (χ3n) is 2.87. The van der Waals surface area contributed by atoms with E-state index in [4.69, 9.17) is 5.73 Å². The fraction of sp³-hybridized carbons (Fsp3) is 0.455. The van der Waals surface area contributed by atoms with Gasteiger partial charge in [-0.2, -0.15) is 0 Å². The molecule has 1 heterocycles. The van der Waals surface area contributed by atoms with Crippen molar-refractivity contribution in [2.45, 2.75) is 18.9 Å². The van der Waals surface area contributed by atoms with Crippen molar-refractivity contribution < 1.29 is 13.2 Å². The summed E-state index contributed by atoms with van der Waals surface area (Å²) in [5.74, 6) is -2.91. The summed E-state index contributed by atoms with van der Waals surface area (Å²) in [7, 11) is 0. The second kappa shape index (κ2) is 4.33. The van der Waals surface area contributed by atoms with Crippen molar-refractivity contribution in [2.24, 2.45) is 5.73 Å². The van der Waals surface area contributed by atoms with Crippen molar-refractivity contribution in [3.63, 3.8) is 0 Å². The summed E-state index contributed by atoms with van der Waals surface area (Å²) in [4.78, 5) is 1.70. The zero-order chi connectivity index (χ0) is 11.7. The first-order chi connectivity index (χ1) is 7.58. The van der Waals surface area contributed by atoms with Gasteiger partial charge in [0.2, 0.25) is 0 Å². The molecule has 1 aliphatic rings. The van der Waals surface area contributed by atoms with Gasteiger partial charge in [-0.3, -0.25) is 0 Å². The molecule has 0 radical (unpaired) electrons. The first-order valence-electron chi connectivity index (χ1n) is 5.23. The molecule has 1 fully saturated rings. The zero-order valence-electron chi connectivity index (χ0n) is 8.72. The summed E-state index contributed by atoms with van der Waals surface area (Å²) in [5, 5.41) is 0. The Morgan fingerprint density at radius 2 is 1.56 bits per heavy atom. The zero-order valence-corrected chi connectivity index (χ0v) is 8.72. The minimum absolute atomic E-state index is 0.115. The molecule has 2 N–H and O–H groups in total. The third-order valence-corrected chi connectivity index (χ3v) is 2.87. The number of halogens is 3. The minimum atomic E-state index is -1.16. The standard InChI is InChI=1S/C11H13F3N2/c12-8-5-10(14)11(6-9(8)13)16-3-1-7(15)2-4-16/h5-7H,1-4,15H2. The smallest absolute Gasteiger partial charge is 0.161 e. The van der Waals surface area contributed by atoms with Gasteiger partial charge in [0.05, 0.1) is 5.69 Å². The summed E-state index contributed by atoms with van der Waals surface area (Å²) in [5.41, 5.74) is 5.83. The van der Waals surface area contributed by atoms with Gasteiger partial charge in [0.1, 0.15) is 5.82 Å². The fourth-order valence-corrected chi connectivity index (χ4v) is 1.89. The van der Waals surface area contributed by atoms with Crippen LogP contribution in [0, 0.1) is 17.5 Å². The van der Waals surface area contributed by atoms with Crippen LogP contribution in [0.15, 0.2) is 12.1 Å². The van der Waals surface area contributed by atoms with Crippen LogP contribution in [-0.2, 0) is 0 Å². The predicted molar refractivity (Wildman–Crippen MR) is 55.7 cm³/mol. The van der Waals surface area contributed by atoms with Crippen molar-refractivity contribution >= 4 is 5.69 Å². The Bertz CT molecular complexity index is 387. The van der Waals surface area contributed by atoms with Crippen molar-refractivity contribution in [1.82, 2.24) is 0 Å². The van der Waals surface area contributed by atoms with Gasteiger partial charge in [-0.05, 0) is 12.8 Å². The molecule has 0 spiro atoms. The highest BCUT2D eigenvalue weighted by Gasteiger charge is 2.20. The number of piperidine rings is 1. The van der Waals surface area contributed by atoms with Crippen LogP contribution in [-0.4, -0.2) is 19.1 Å². The lowest BCUT2D eigenvalue weighted by Gasteiger charge is -2.32. The summed E-state index contributed by atoms with van der Waals surface area (Å²) >= 11 is 0. The van der Waals surface area contributed by atoms with Gasteiger partial charge in [0, 0.05) is 31.3 Å². The molecule has 1 aromatic carbocycles. The highest BCUT2D eigenvalue weighted by molar-refractivity contribution is 5.48. The van der Waals surface area contributed by atoms with Gasteiger partial charge in [-0.1, -0.05) is 0 Å². The van der Waals surface area contributed by atoms with Crippen LogP contribution in [0.4, 0.5) is 18.9 Å². The maximum absolute atomic E-state index is 13.4. The average molecular weight is 230 g/mol. The number of nitrogens with two attached hydrogens (primary N) is 1. The molecule has 1 aliphatic heterocycles. The minimum Gasteiger partial charge on any atom is -0.369 e. The number of rotatable bonds is 1. The Labute approximate surface area is 91.8 Å². The number of hydrogen-bond donors (Lipinski definition) is 1. The molecule has 5 heteroatoms. The summed E-state index contributed by atoms with van der Waals surface area (Å²) in [6.45, 7) is 1.15. The normalized spacial score (nSPS) is 17.9. The lowest BCUT2D eigenvalue weighted by molar-refractivity contribution is 0.477. The van der Waals surface area contributed by atoms with Crippen molar-refractivity contribution in [1.29, 1.82) is 0 Å². The predicted octanol–water partition coefficient (Wildman–Crippen LogP) is 2.03. The van der Waals surface area contributed by atoms with Crippen LogP contribution in [0.3, 0.4) is 0 Å². The molecular formula is C11H13F3N2. The molecule has 0 aromatic heterocycles. The van der Waals surface area contributed by atoms with E-state index in [0.29, 0.717) is 19.2 Å². The van der Waals surface area contributed by atoms with E-state index in [-0.39, 0.29) is 11.7 Å². The lowest BCUT2D eigenvalue weighted by atomic mass is 10.1. The second-order valence-electron chi connectivity index (χ2n) is 4.04. The van der Waals surface area contributed by atoms with Gasteiger partial charge in [-0.25, -0.2) is 13.2 Å². The SMILES string of the molecule is NC1CCN(c2cc(F)c(F)cc2F)CC1. The molecule has 0 atom stereocenters.